The van der Waals surface area contributed by atoms with Gasteiger partial charge in [0.25, 0.3) is 5.91 Å². The van der Waals surface area contributed by atoms with Gasteiger partial charge in [-0.2, -0.15) is 0 Å². The van der Waals surface area contributed by atoms with Crippen molar-refractivity contribution in [2.45, 2.75) is 25.3 Å². The van der Waals surface area contributed by atoms with E-state index in [2.05, 4.69) is 17.2 Å². The van der Waals surface area contributed by atoms with E-state index in [0.717, 1.165) is 0 Å². The fourth-order valence-corrected chi connectivity index (χ4v) is 1.15. The topological polar surface area (TPSA) is 58.2 Å². The first-order valence-electron chi connectivity index (χ1n) is 3.83. The van der Waals surface area contributed by atoms with Gasteiger partial charge < -0.3 is 5.32 Å². The van der Waals surface area contributed by atoms with Crippen molar-refractivity contribution in [2.24, 2.45) is 0 Å². The molecule has 0 bridgehead atoms. The minimum absolute atomic E-state index is 0.255. The number of urea groups is 1. The van der Waals surface area contributed by atoms with Crippen LogP contribution in [0.4, 0.5) is 4.79 Å². The predicted octanol–water partition coefficient (Wildman–Crippen LogP) is 0.551. The van der Waals surface area contributed by atoms with E-state index in [1.165, 1.54) is 0 Å². The summed E-state index contributed by atoms with van der Waals surface area (Å²) >= 11 is 0. The number of hydrogen-bond donors (Lipinski definition) is 2. The van der Waals surface area contributed by atoms with E-state index in [0.29, 0.717) is 12.8 Å². The van der Waals surface area contributed by atoms with E-state index in [9.17, 15) is 9.59 Å². The van der Waals surface area contributed by atoms with Crippen LogP contribution in [0.25, 0.3) is 0 Å². The summed E-state index contributed by atoms with van der Waals surface area (Å²) in [7, 11) is 0. The van der Waals surface area contributed by atoms with Crippen LogP contribution in [-0.2, 0) is 4.79 Å². The Bertz CT molecular complexity index is 237. The van der Waals surface area contributed by atoms with E-state index in [-0.39, 0.29) is 5.91 Å². The predicted molar refractivity (Wildman–Crippen MR) is 44.5 cm³/mol. The van der Waals surface area contributed by atoms with Gasteiger partial charge in [-0.05, 0) is 19.8 Å². The molecule has 1 fully saturated rings. The molecule has 1 heterocycles. The molecule has 0 aromatic rings. The fourth-order valence-electron chi connectivity index (χ4n) is 1.15. The van der Waals surface area contributed by atoms with Crippen LogP contribution in [0.15, 0.2) is 12.7 Å². The third-order valence-corrected chi connectivity index (χ3v) is 1.97. The standard InChI is InChI=1S/C8H12N2O2/c1-3-4-5-8(2)6(11)9-7(12)10-8/h3H,1,4-5H2,2H3,(H2,9,10,11,12). The fraction of sp³-hybridized carbons (Fsp3) is 0.500. The number of amides is 3. The SMILES string of the molecule is C=CCCC1(C)NC(=O)NC1=O. The Hall–Kier alpha value is -1.32. The summed E-state index contributed by atoms with van der Waals surface area (Å²) in [5.74, 6) is -0.255. The van der Waals surface area contributed by atoms with E-state index in [1.807, 2.05) is 0 Å². The average molecular weight is 168 g/mol. The minimum atomic E-state index is -0.745. The van der Waals surface area contributed by atoms with Crippen LogP contribution < -0.4 is 10.6 Å². The second-order valence-electron chi connectivity index (χ2n) is 3.07. The lowest BCUT2D eigenvalue weighted by Gasteiger charge is -2.18. The molecular formula is C8H12N2O2. The molecule has 3 amide bonds. The smallest absolute Gasteiger partial charge is 0.322 e. The molecule has 0 aliphatic carbocycles. The van der Waals surface area contributed by atoms with Crippen molar-refractivity contribution in [2.75, 3.05) is 0 Å². The number of hydrogen-bond acceptors (Lipinski definition) is 2. The molecule has 1 aliphatic rings. The number of allylic oxidation sites excluding steroid dienone is 1. The molecule has 0 radical (unpaired) electrons. The summed E-state index contributed by atoms with van der Waals surface area (Å²) in [4.78, 5) is 21.9. The maximum absolute atomic E-state index is 11.2. The minimum Gasteiger partial charge on any atom is -0.324 e. The van der Waals surface area contributed by atoms with Crippen molar-refractivity contribution in [1.29, 1.82) is 0 Å². The van der Waals surface area contributed by atoms with Crippen LogP contribution in [0.1, 0.15) is 19.8 Å². The molecule has 1 atom stereocenters. The molecular weight excluding hydrogens is 156 g/mol. The number of imide groups is 1. The van der Waals surface area contributed by atoms with Gasteiger partial charge in [-0.1, -0.05) is 6.08 Å². The molecule has 0 spiro atoms. The van der Waals surface area contributed by atoms with Crippen molar-refractivity contribution < 1.29 is 9.59 Å². The van der Waals surface area contributed by atoms with Crippen LogP contribution in [-0.4, -0.2) is 17.5 Å². The molecule has 66 valence electrons. The Balaban J connectivity index is 2.64. The first-order chi connectivity index (χ1) is 5.58. The second kappa shape index (κ2) is 2.97. The molecule has 1 rings (SSSR count). The zero-order valence-corrected chi connectivity index (χ0v) is 7.02. The first-order valence-corrected chi connectivity index (χ1v) is 3.83. The lowest BCUT2D eigenvalue weighted by molar-refractivity contribution is -0.123. The summed E-state index contributed by atoms with van der Waals surface area (Å²) in [5.41, 5.74) is -0.745. The second-order valence-corrected chi connectivity index (χ2v) is 3.07. The van der Waals surface area contributed by atoms with Gasteiger partial charge in [0.05, 0.1) is 0 Å². The zero-order valence-electron chi connectivity index (χ0n) is 7.02. The van der Waals surface area contributed by atoms with E-state index in [1.54, 1.807) is 13.0 Å². The Kier molecular flexibility index (Phi) is 2.17. The van der Waals surface area contributed by atoms with Gasteiger partial charge >= 0.3 is 6.03 Å². The number of carbonyl (C=O) groups is 2. The maximum atomic E-state index is 11.2. The lowest BCUT2D eigenvalue weighted by atomic mass is 9.96. The van der Waals surface area contributed by atoms with Crippen molar-refractivity contribution in [3.8, 4) is 0 Å². The molecule has 12 heavy (non-hydrogen) atoms. The number of carbonyl (C=O) groups excluding carboxylic acids is 2. The molecule has 1 saturated heterocycles. The van der Waals surface area contributed by atoms with Crippen molar-refractivity contribution in [3.05, 3.63) is 12.7 Å². The highest BCUT2D eigenvalue weighted by molar-refractivity contribution is 6.06. The van der Waals surface area contributed by atoms with E-state index < -0.39 is 11.6 Å². The van der Waals surface area contributed by atoms with Gasteiger partial charge in [-0.15, -0.1) is 6.58 Å². The molecule has 4 nitrogen and oxygen atoms in total. The lowest BCUT2D eigenvalue weighted by Crippen LogP contribution is -2.43. The van der Waals surface area contributed by atoms with Crippen molar-refractivity contribution in [3.63, 3.8) is 0 Å². The maximum Gasteiger partial charge on any atom is 0.322 e. The molecule has 2 N–H and O–H groups in total. The monoisotopic (exact) mass is 168 g/mol. The summed E-state index contributed by atoms with van der Waals surface area (Å²) < 4.78 is 0. The quantitative estimate of drug-likeness (QED) is 0.477. The Labute approximate surface area is 71.0 Å². The Morgan fingerprint density at radius 2 is 2.25 bits per heavy atom. The van der Waals surface area contributed by atoms with E-state index in [4.69, 9.17) is 0 Å². The zero-order chi connectivity index (χ0) is 9.19. The van der Waals surface area contributed by atoms with Gasteiger partial charge in [0.1, 0.15) is 5.54 Å². The summed E-state index contributed by atoms with van der Waals surface area (Å²) in [6.45, 7) is 5.26. The highest BCUT2D eigenvalue weighted by Crippen LogP contribution is 2.16. The van der Waals surface area contributed by atoms with Crippen molar-refractivity contribution >= 4 is 11.9 Å². The van der Waals surface area contributed by atoms with Gasteiger partial charge in [0.15, 0.2) is 0 Å². The van der Waals surface area contributed by atoms with Crippen LogP contribution in [0, 0.1) is 0 Å². The molecule has 1 unspecified atom stereocenters. The molecule has 0 aromatic heterocycles. The van der Waals surface area contributed by atoms with Crippen LogP contribution in [0.2, 0.25) is 0 Å². The number of nitrogens with one attached hydrogen (secondary N) is 2. The third-order valence-electron chi connectivity index (χ3n) is 1.97. The number of rotatable bonds is 3. The van der Waals surface area contributed by atoms with Crippen LogP contribution in [0.5, 0.6) is 0 Å². The normalized spacial score (nSPS) is 28.1. The molecule has 4 heteroatoms. The highest BCUT2D eigenvalue weighted by atomic mass is 16.2. The average Bonchev–Trinajstić information content (AvgIpc) is 2.23. The first kappa shape index (κ1) is 8.77. The summed E-state index contributed by atoms with van der Waals surface area (Å²) in [6, 6.07) is -0.411. The van der Waals surface area contributed by atoms with E-state index >= 15 is 0 Å². The Morgan fingerprint density at radius 3 is 2.67 bits per heavy atom. The van der Waals surface area contributed by atoms with Crippen LogP contribution >= 0.6 is 0 Å². The van der Waals surface area contributed by atoms with Gasteiger partial charge in [-0.25, -0.2) is 4.79 Å². The molecule has 1 aliphatic heterocycles. The summed E-state index contributed by atoms with van der Waals surface area (Å²) in [6.07, 6.45) is 3.03. The van der Waals surface area contributed by atoms with Crippen molar-refractivity contribution in [1.82, 2.24) is 10.6 Å². The van der Waals surface area contributed by atoms with Crippen LogP contribution in [0.3, 0.4) is 0 Å². The van der Waals surface area contributed by atoms with Gasteiger partial charge in [0.2, 0.25) is 0 Å². The largest absolute Gasteiger partial charge is 0.324 e. The summed E-state index contributed by atoms with van der Waals surface area (Å²) in [5, 5.41) is 4.76. The van der Waals surface area contributed by atoms with Gasteiger partial charge in [-0.3, -0.25) is 10.1 Å². The third kappa shape index (κ3) is 1.47. The Morgan fingerprint density at radius 1 is 1.58 bits per heavy atom. The molecule has 0 saturated carbocycles. The van der Waals surface area contributed by atoms with Gasteiger partial charge in [0, 0.05) is 0 Å². The molecule has 0 aromatic carbocycles. The highest BCUT2D eigenvalue weighted by Gasteiger charge is 2.40.